The number of thiocarbonyl (C=S) groups is 1. The van der Waals surface area contributed by atoms with Crippen molar-refractivity contribution in [2.24, 2.45) is 10.9 Å². The van der Waals surface area contributed by atoms with E-state index in [1.807, 2.05) is 19.9 Å². The molecule has 4 N–H and O–H groups in total. The summed E-state index contributed by atoms with van der Waals surface area (Å²) in [7, 11) is 0. The van der Waals surface area contributed by atoms with Crippen molar-refractivity contribution in [3.05, 3.63) is 52.6 Å². The smallest absolute Gasteiger partial charge is 0.168 e. The molecule has 32 heavy (non-hydrogen) atoms. The minimum absolute atomic E-state index is 0.0400. The van der Waals surface area contributed by atoms with E-state index in [0.29, 0.717) is 23.0 Å². The van der Waals surface area contributed by atoms with E-state index in [0.717, 1.165) is 44.8 Å². The van der Waals surface area contributed by atoms with Crippen LogP contribution in [0.15, 0.2) is 35.4 Å². The third-order valence-corrected chi connectivity index (χ3v) is 6.62. The van der Waals surface area contributed by atoms with Gasteiger partial charge in [-0.05, 0) is 53.6 Å². The molecule has 0 saturated carbocycles. The molecule has 2 aliphatic rings. The van der Waals surface area contributed by atoms with Crippen LogP contribution < -0.4 is 10.7 Å². The number of aromatic hydroxyl groups is 2. The van der Waals surface area contributed by atoms with E-state index in [-0.39, 0.29) is 17.4 Å². The first-order valence-electron chi connectivity index (χ1n) is 10.9. The Morgan fingerprint density at radius 3 is 2.53 bits per heavy atom. The van der Waals surface area contributed by atoms with Crippen molar-refractivity contribution in [2.45, 2.75) is 38.6 Å². The lowest BCUT2D eigenvalue weighted by molar-refractivity contribution is 0.0187. The van der Waals surface area contributed by atoms with Crippen LogP contribution in [0, 0.1) is 0 Å². The van der Waals surface area contributed by atoms with Crippen molar-refractivity contribution in [1.82, 2.24) is 4.90 Å². The van der Waals surface area contributed by atoms with Gasteiger partial charge >= 0.3 is 0 Å². The Balaban J connectivity index is 1.64. The minimum Gasteiger partial charge on any atom is -0.508 e. The third kappa shape index (κ3) is 4.30. The fourth-order valence-corrected chi connectivity index (χ4v) is 4.88. The Bertz CT molecular complexity index is 1030. The van der Waals surface area contributed by atoms with Crippen molar-refractivity contribution in [1.29, 1.82) is 0 Å². The number of amidine groups is 1. The number of benzene rings is 2. The largest absolute Gasteiger partial charge is 0.508 e. The summed E-state index contributed by atoms with van der Waals surface area (Å²) in [5.74, 6) is 6.09. The fraction of sp³-hybridized carbons (Fsp3) is 0.417. The van der Waals surface area contributed by atoms with E-state index in [4.69, 9.17) is 22.8 Å². The van der Waals surface area contributed by atoms with E-state index in [2.05, 4.69) is 22.1 Å². The average Bonchev–Trinajstić information content (AvgIpc) is 3.22. The zero-order valence-electron chi connectivity index (χ0n) is 18.5. The van der Waals surface area contributed by atoms with Crippen LogP contribution in [0.25, 0.3) is 0 Å². The summed E-state index contributed by atoms with van der Waals surface area (Å²) in [4.78, 5) is 4.21. The number of hydrogen-bond acceptors (Lipinski definition) is 7. The van der Waals surface area contributed by atoms with Crippen molar-refractivity contribution >= 4 is 29.2 Å². The standard InChI is InChI=1S/C24H30N4O3S/c1-15(2)20-12-21(23(30)13-22(20)29)24(26-25)28(14-32)18-4-3-16-9-19(11-17(16)10-18)27-5-7-31-8-6-27/h3-4,10,12-15,19,29-30H,5-9,11,25H2,1-2H3/b26-24-. The van der Waals surface area contributed by atoms with Gasteiger partial charge in [0.2, 0.25) is 0 Å². The number of phenols is 2. The Morgan fingerprint density at radius 1 is 1.16 bits per heavy atom. The molecule has 1 aliphatic carbocycles. The van der Waals surface area contributed by atoms with Gasteiger partial charge in [-0.2, -0.15) is 5.10 Å². The predicted molar refractivity (Wildman–Crippen MR) is 131 cm³/mol. The lowest BCUT2D eigenvalue weighted by atomic mass is 9.98. The van der Waals surface area contributed by atoms with Crippen LogP contribution in [0.2, 0.25) is 0 Å². The van der Waals surface area contributed by atoms with Crippen molar-refractivity contribution in [3.63, 3.8) is 0 Å². The summed E-state index contributed by atoms with van der Waals surface area (Å²) >= 11 is 5.32. The number of ether oxygens (including phenoxy) is 1. The van der Waals surface area contributed by atoms with Gasteiger partial charge in [-0.25, -0.2) is 0 Å². The number of anilines is 1. The van der Waals surface area contributed by atoms with Crippen LogP contribution in [-0.2, 0) is 17.6 Å². The van der Waals surface area contributed by atoms with Crippen LogP contribution >= 0.6 is 12.2 Å². The molecule has 1 heterocycles. The summed E-state index contributed by atoms with van der Waals surface area (Å²) in [6, 6.07) is 9.81. The molecular formula is C24H30N4O3S. The lowest BCUT2D eigenvalue weighted by Gasteiger charge is -2.32. The number of phenolic OH excluding ortho intramolecular Hbond substituents is 2. The monoisotopic (exact) mass is 454 g/mol. The predicted octanol–water partition coefficient (Wildman–Crippen LogP) is 3.10. The first kappa shape index (κ1) is 22.5. The molecule has 1 aliphatic heterocycles. The second-order valence-electron chi connectivity index (χ2n) is 8.67. The summed E-state index contributed by atoms with van der Waals surface area (Å²) in [6.45, 7) is 7.47. The Labute approximate surface area is 194 Å². The summed E-state index contributed by atoms with van der Waals surface area (Å²) in [5.41, 5.74) is 6.06. The maximum Gasteiger partial charge on any atom is 0.168 e. The molecule has 0 aromatic heterocycles. The molecule has 0 radical (unpaired) electrons. The molecule has 8 heteroatoms. The highest BCUT2D eigenvalue weighted by molar-refractivity contribution is 7.79. The van der Waals surface area contributed by atoms with Gasteiger partial charge < -0.3 is 20.8 Å². The van der Waals surface area contributed by atoms with Crippen molar-refractivity contribution in [3.8, 4) is 11.5 Å². The SMILES string of the molecule is CC(C)c1cc(/C(=N/N)N(C=S)c2ccc3c(c2)CC(N2CCOCC2)C3)c(O)cc1O. The average molecular weight is 455 g/mol. The lowest BCUT2D eigenvalue weighted by Crippen LogP contribution is -2.43. The number of fused-ring (bicyclic) bond motifs is 1. The summed E-state index contributed by atoms with van der Waals surface area (Å²) in [5, 5.41) is 24.7. The molecule has 2 aromatic rings. The molecular weight excluding hydrogens is 424 g/mol. The molecule has 0 spiro atoms. The Morgan fingerprint density at radius 2 is 1.88 bits per heavy atom. The molecule has 0 amide bonds. The molecule has 2 aromatic carbocycles. The van der Waals surface area contributed by atoms with E-state index in [1.165, 1.54) is 22.7 Å². The van der Waals surface area contributed by atoms with Crippen LogP contribution in [-0.4, -0.2) is 58.8 Å². The van der Waals surface area contributed by atoms with E-state index in [1.54, 1.807) is 11.0 Å². The van der Waals surface area contributed by atoms with Crippen molar-refractivity contribution < 1.29 is 14.9 Å². The van der Waals surface area contributed by atoms with E-state index in [9.17, 15) is 10.2 Å². The summed E-state index contributed by atoms with van der Waals surface area (Å²) in [6.07, 6.45) is 2.01. The highest BCUT2D eigenvalue weighted by Gasteiger charge is 2.29. The Kier molecular flexibility index (Phi) is 6.64. The topological polar surface area (TPSA) is 94.6 Å². The normalized spacial score (nSPS) is 19.2. The van der Waals surface area contributed by atoms with E-state index < -0.39 is 0 Å². The second kappa shape index (κ2) is 9.44. The van der Waals surface area contributed by atoms with Crippen LogP contribution in [0.3, 0.4) is 0 Å². The molecule has 1 fully saturated rings. The van der Waals surface area contributed by atoms with Gasteiger partial charge in [0.15, 0.2) is 5.84 Å². The second-order valence-corrected chi connectivity index (χ2v) is 8.89. The number of morpholine rings is 1. The molecule has 1 saturated heterocycles. The molecule has 1 unspecified atom stereocenters. The number of hydrogen-bond donors (Lipinski definition) is 3. The molecule has 7 nitrogen and oxygen atoms in total. The quantitative estimate of drug-likeness (QED) is 0.210. The molecule has 1 atom stereocenters. The van der Waals surface area contributed by atoms with Gasteiger partial charge in [0.05, 0.1) is 24.3 Å². The van der Waals surface area contributed by atoms with Crippen LogP contribution in [0.4, 0.5) is 5.69 Å². The fourth-order valence-electron chi connectivity index (χ4n) is 4.66. The number of hydrazone groups is 1. The minimum atomic E-state index is -0.105. The van der Waals surface area contributed by atoms with Gasteiger partial charge in [-0.15, -0.1) is 0 Å². The first-order valence-corrected chi connectivity index (χ1v) is 11.4. The Hall–Kier alpha value is -2.68. The summed E-state index contributed by atoms with van der Waals surface area (Å²) < 4.78 is 5.50. The molecule has 170 valence electrons. The van der Waals surface area contributed by atoms with Gasteiger partial charge in [0.1, 0.15) is 11.5 Å². The molecule has 0 bridgehead atoms. The van der Waals surface area contributed by atoms with Crippen molar-refractivity contribution in [2.75, 3.05) is 31.2 Å². The van der Waals surface area contributed by atoms with Crippen LogP contribution in [0.5, 0.6) is 11.5 Å². The number of rotatable bonds is 5. The number of nitrogens with zero attached hydrogens (tertiary/aromatic N) is 3. The van der Waals surface area contributed by atoms with Gasteiger partial charge in [-0.3, -0.25) is 9.80 Å². The third-order valence-electron chi connectivity index (χ3n) is 6.40. The zero-order chi connectivity index (χ0) is 22.8. The van der Waals surface area contributed by atoms with Crippen LogP contribution in [0.1, 0.15) is 42.0 Å². The number of nitrogens with two attached hydrogens (primary N) is 1. The van der Waals surface area contributed by atoms with Gasteiger partial charge in [-0.1, -0.05) is 32.1 Å². The maximum atomic E-state index is 10.5. The highest BCUT2D eigenvalue weighted by Crippen LogP contribution is 2.35. The maximum absolute atomic E-state index is 10.5. The molecule has 4 rings (SSSR count). The zero-order valence-corrected chi connectivity index (χ0v) is 19.3. The van der Waals surface area contributed by atoms with Gasteiger partial charge in [0.25, 0.3) is 0 Å². The first-order chi connectivity index (χ1) is 15.4. The highest BCUT2D eigenvalue weighted by atomic mass is 32.1. The van der Waals surface area contributed by atoms with E-state index >= 15 is 0 Å². The van der Waals surface area contributed by atoms with Gasteiger partial charge in [0, 0.05) is 30.9 Å².